The Hall–Kier alpha value is -2.28. The van der Waals surface area contributed by atoms with Crippen LogP contribution in [0, 0.1) is 0 Å². The first-order valence-electron chi connectivity index (χ1n) is 9.37. The summed E-state index contributed by atoms with van der Waals surface area (Å²) in [5.41, 5.74) is 0.477. The van der Waals surface area contributed by atoms with Crippen molar-refractivity contribution in [2.75, 3.05) is 44.9 Å². The van der Waals surface area contributed by atoms with E-state index in [1.165, 1.54) is 4.90 Å². The first-order valence-corrected chi connectivity index (χ1v) is 9.37. The molecule has 1 aliphatic carbocycles. The smallest absolute Gasteiger partial charge is 0.326 e. The van der Waals surface area contributed by atoms with Crippen molar-refractivity contribution in [2.45, 2.75) is 31.2 Å². The summed E-state index contributed by atoms with van der Waals surface area (Å²) >= 11 is 0. The first-order chi connectivity index (χ1) is 12.6. The Kier molecular flexibility index (Phi) is 4.48. The van der Waals surface area contributed by atoms with Crippen LogP contribution < -0.4 is 15.0 Å². The predicted octanol–water partition coefficient (Wildman–Crippen LogP) is 1.64. The Morgan fingerprint density at radius 3 is 2.46 bits per heavy atom. The number of carbonyl (C=O) groups excluding carboxylic acids is 2. The van der Waals surface area contributed by atoms with Crippen LogP contribution in [0.1, 0.15) is 25.7 Å². The van der Waals surface area contributed by atoms with Gasteiger partial charge in [0.05, 0.1) is 19.5 Å². The molecule has 1 aromatic rings. The van der Waals surface area contributed by atoms with E-state index in [0.29, 0.717) is 6.67 Å². The van der Waals surface area contributed by atoms with Crippen molar-refractivity contribution in [3.05, 3.63) is 24.3 Å². The summed E-state index contributed by atoms with van der Waals surface area (Å²) in [6, 6.07) is 7.78. The Morgan fingerprint density at radius 2 is 1.77 bits per heavy atom. The zero-order chi connectivity index (χ0) is 18.1. The molecule has 2 saturated heterocycles. The number of imide groups is 1. The first kappa shape index (κ1) is 17.1. The Labute approximate surface area is 153 Å². The largest absolute Gasteiger partial charge is 0.495 e. The topological polar surface area (TPSA) is 65.1 Å². The third kappa shape index (κ3) is 2.90. The third-order valence-corrected chi connectivity index (χ3v) is 5.84. The second-order valence-electron chi connectivity index (χ2n) is 7.37. The summed E-state index contributed by atoms with van der Waals surface area (Å²) in [4.78, 5) is 31.0. The van der Waals surface area contributed by atoms with Crippen LogP contribution in [0.5, 0.6) is 5.75 Å². The van der Waals surface area contributed by atoms with Gasteiger partial charge in [-0.05, 0) is 25.0 Å². The van der Waals surface area contributed by atoms with E-state index >= 15 is 0 Å². The zero-order valence-electron chi connectivity index (χ0n) is 15.2. The highest BCUT2D eigenvalue weighted by Gasteiger charge is 2.52. The fourth-order valence-electron chi connectivity index (χ4n) is 4.34. The predicted molar refractivity (Wildman–Crippen MR) is 98.2 cm³/mol. The average Bonchev–Trinajstić information content (AvgIpc) is 3.23. The fraction of sp³-hybridized carbons (Fsp3) is 0.579. The van der Waals surface area contributed by atoms with Gasteiger partial charge in [-0.25, -0.2) is 9.69 Å². The molecule has 3 amide bonds. The maximum Gasteiger partial charge on any atom is 0.326 e. The number of carbonyl (C=O) groups is 2. The van der Waals surface area contributed by atoms with Gasteiger partial charge in [0.15, 0.2) is 0 Å². The molecule has 2 aliphatic heterocycles. The molecule has 0 unspecified atom stereocenters. The van der Waals surface area contributed by atoms with Crippen molar-refractivity contribution in [1.29, 1.82) is 0 Å². The third-order valence-electron chi connectivity index (χ3n) is 5.84. The van der Waals surface area contributed by atoms with Crippen LogP contribution in [0.3, 0.4) is 0 Å². The van der Waals surface area contributed by atoms with Gasteiger partial charge in [0.2, 0.25) is 0 Å². The van der Waals surface area contributed by atoms with E-state index in [4.69, 9.17) is 4.74 Å². The van der Waals surface area contributed by atoms with E-state index in [2.05, 4.69) is 21.2 Å². The SMILES string of the molecule is COc1ccccc1N1CCN(CN2C(=O)NC3(CCCC3)C2=O)CC1. The summed E-state index contributed by atoms with van der Waals surface area (Å²) < 4.78 is 5.45. The molecule has 140 valence electrons. The standard InChI is InChI=1S/C19H26N4O3/c1-26-16-7-3-2-6-15(16)22-12-10-21(11-13-22)14-23-17(24)19(20-18(23)25)8-4-5-9-19/h2-3,6-7H,4-5,8-14H2,1H3,(H,20,25). The van der Waals surface area contributed by atoms with Crippen molar-refractivity contribution in [3.63, 3.8) is 0 Å². The van der Waals surface area contributed by atoms with Crippen molar-refractivity contribution in [1.82, 2.24) is 15.1 Å². The Bertz CT molecular complexity index is 694. The molecule has 0 atom stereocenters. The second-order valence-corrected chi connectivity index (χ2v) is 7.37. The van der Waals surface area contributed by atoms with Crippen LogP contribution >= 0.6 is 0 Å². The van der Waals surface area contributed by atoms with Crippen LogP contribution in [0.25, 0.3) is 0 Å². The quantitative estimate of drug-likeness (QED) is 0.829. The summed E-state index contributed by atoms with van der Waals surface area (Å²) in [5.74, 6) is 0.838. The Morgan fingerprint density at radius 1 is 1.08 bits per heavy atom. The number of amides is 3. The molecular formula is C19H26N4O3. The van der Waals surface area contributed by atoms with E-state index in [1.807, 2.05) is 18.2 Å². The number of anilines is 1. The van der Waals surface area contributed by atoms with Crippen molar-refractivity contribution in [3.8, 4) is 5.75 Å². The molecule has 4 rings (SSSR count). The summed E-state index contributed by atoms with van der Waals surface area (Å²) in [6.45, 7) is 3.68. The number of urea groups is 1. The van der Waals surface area contributed by atoms with Gasteiger partial charge in [-0.2, -0.15) is 0 Å². The van der Waals surface area contributed by atoms with Gasteiger partial charge in [0, 0.05) is 26.2 Å². The number of para-hydroxylation sites is 2. The lowest BCUT2D eigenvalue weighted by molar-refractivity contribution is -0.132. The molecule has 7 nitrogen and oxygen atoms in total. The lowest BCUT2D eigenvalue weighted by Crippen LogP contribution is -2.52. The van der Waals surface area contributed by atoms with Crippen LogP contribution in [-0.4, -0.2) is 67.2 Å². The van der Waals surface area contributed by atoms with E-state index in [-0.39, 0.29) is 11.9 Å². The van der Waals surface area contributed by atoms with E-state index < -0.39 is 5.54 Å². The molecule has 3 fully saturated rings. The van der Waals surface area contributed by atoms with Crippen molar-refractivity contribution < 1.29 is 14.3 Å². The number of ether oxygens (including phenoxy) is 1. The van der Waals surface area contributed by atoms with E-state index in [0.717, 1.165) is 63.3 Å². The number of hydrogen-bond donors (Lipinski definition) is 1. The van der Waals surface area contributed by atoms with Gasteiger partial charge >= 0.3 is 6.03 Å². The van der Waals surface area contributed by atoms with Crippen LogP contribution in [0.2, 0.25) is 0 Å². The summed E-state index contributed by atoms with van der Waals surface area (Å²) in [6.07, 6.45) is 3.57. The maximum atomic E-state index is 12.8. The minimum atomic E-state index is -0.615. The molecular weight excluding hydrogens is 332 g/mol. The maximum absolute atomic E-state index is 12.8. The normalized spacial score (nSPS) is 23.0. The lowest BCUT2D eigenvalue weighted by Gasteiger charge is -2.37. The van der Waals surface area contributed by atoms with Crippen LogP contribution in [0.4, 0.5) is 10.5 Å². The molecule has 1 aromatic carbocycles. The van der Waals surface area contributed by atoms with Crippen molar-refractivity contribution >= 4 is 17.6 Å². The van der Waals surface area contributed by atoms with Gasteiger partial charge in [-0.1, -0.05) is 25.0 Å². The number of rotatable bonds is 4. The van der Waals surface area contributed by atoms with E-state index in [9.17, 15) is 9.59 Å². The second kappa shape index (κ2) is 6.79. The monoisotopic (exact) mass is 358 g/mol. The molecule has 1 spiro atoms. The molecule has 26 heavy (non-hydrogen) atoms. The minimum absolute atomic E-state index is 0.0350. The minimum Gasteiger partial charge on any atom is -0.495 e. The van der Waals surface area contributed by atoms with Gasteiger partial charge in [-0.15, -0.1) is 0 Å². The number of nitrogens with zero attached hydrogens (tertiary/aromatic N) is 3. The molecule has 1 saturated carbocycles. The molecule has 3 aliphatic rings. The molecule has 1 N–H and O–H groups in total. The van der Waals surface area contributed by atoms with Crippen molar-refractivity contribution in [2.24, 2.45) is 0 Å². The van der Waals surface area contributed by atoms with Gasteiger partial charge < -0.3 is 15.0 Å². The number of nitrogens with one attached hydrogen (secondary N) is 1. The van der Waals surface area contributed by atoms with Gasteiger partial charge in [0.1, 0.15) is 11.3 Å². The molecule has 0 aromatic heterocycles. The van der Waals surface area contributed by atoms with Crippen LogP contribution in [0.15, 0.2) is 24.3 Å². The molecule has 2 heterocycles. The highest BCUT2D eigenvalue weighted by Crippen LogP contribution is 2.35. The number of piperazine rings is 1. The Balaban J connectivity index is 1.37. The lowest BCUT2D eigenvalue weighted by atomic mass is 9.98. The number of hydrogen-bond acceptors (Lipinski definition) is 5. The number of benzene rings is 1. The summed E-state index contributed by atoms with van der Waals surface area (Å²) in [7, 11) is 1.69. The highest BCUT2D eigenvalue weighted by atomic mass is 16.5. The zero-order valence-corrected chi connectivity index (χ0v) is 15.2. The molecule has 0 bridgehead atoms. The number of methoxy groups -OCH3 is 1. The van der Waals surface area contributed by atoms with Crippen LogP contribution in [-0.2, 0) is 4.79 Å². The fourth-order valence-corrected chi connectivity index (χ4v) is 4.34. The van der Waals surface area contributed by atoms with Gasteiger partial charge in [0.25, 0.3) is 5.91 Å². The van der Waals surface area contributed by atoms with E-state index in [1.54, 1.807) is 7.11 Å². The summed E-state index contributed by atoms with van der Waals surface area (Å²) in [5, 5.41) is 2.95. The average molecular weight is 358 g/mol. The highest BCUT2D eigenvalue weighted by molar-refractivity contribution is 6.07. The van der Waals surface area contributed by atoms with Gasteiger partial charge in [-0.3, -0.25) is 9.69 Å². The molecule has 7 heteroatoms. The molecule has 0 radical (unpaired) electrons.